The molecule has 2 aliphatic rings. The molecular formula is C17H20N2O3. The number of para-hydroxylation sites is 1. The van der Waals surface area contributed by atoms with Crippen molar-refractivity contribution in [1.29, 1.82) is 0 Å². The molecule has 2 amide bonds. The molecule has 0 aromatic heterocycles. The van der Waals surface area contributed by atoms with Gasteiger partial charge in [-0.05, 0) is 25.0 Å². The number of carbonyl (C=O) groups is 2. The highest BCUT2D eigenvalue weighted by Crippen LogP contribution is 2.25. The number of benzene rings is 1. The predicted molar refractivity (Wildman–Crippen MR) is 83.3 cm³/mol. The molecule has 0 unspecified atom stereocenters. The van der Waals surface area contributed by atoms with Crippen LogP contribution in [0.3, 0.4) is 0 Å². The second-order valence-corrected chi connectivity index (χ2v) is 5.75. The number of fused-ring (bicyclic) bond motifs is 1. The van der Waals surface area contributed by atoms with E-state index in [4.69, 9.17) is 4.74 Å². The summed E-state index contributed by atoms with van der Waals surface area (Å²) in [6.45, 7) is 3.30. The van der Waals surface area contributed by atoms with Gasteiger partial charge in [-0.2, -0.15) is 0 Å². The lowest BCUT2D eigenvalue weighted by Gasteiger charge is -2.32. The maximum atomic E-state index is 12.4. The molecule has 22 heavy (non-hydrogen) atoms. The van der Waals surface area contributed by atoms with E-state index in [1.165, 1.54) is 0 Å². The number of hydrogen-bond acceptors (Lipinski definition) is 3. The van der Waals surface area contributed by atoms with Crippen LogP contribution in [0, 0.1) is 0 Å². The molecule has 5 heteroatoms. The number of likely N-dealkylation sites (tertiary alicyclic amines) is 1. The number of piperidine rings is 1. The van der Waals surface area contributed by atoms with Crippen molar-refractivity contribution in [2.75, 3.05) is 19.7 Å². The fraction of sp³-hybridized carbons (Fsp3) is 0.412. The van der Waals surface area contributed by atoms with Gasteiger partial charge in [0.1, 0.15) is 12.4 Å². The van der Waals surface area contributed by atoms with E-state index in [0.29, 0.717) is 25.3 Å². The molecular weight excluding hydrogens is 280 g/mol. The Morgan fingerprint density at radius 2 is 1.95 bits per heavy atom. The van der Waals surface area contributed by atoms with Gasteiger partial charge < -0.3 is 15.0 Å². The summed E-state index contributed by atoms with van der Waals surface area (Å²) in [4.78, 5) is 25.5. The van der Waals surface area contributed by atoms with Crippen LogP contribution in [0.15, 0.2) is 29.8 Å². The van der Waals surface area contributed by atoms with Gasteiger partial charge in [0.05, 0.1) is 5.57 Å². The van der Waals surface area contributed by atoms with Crippen molar-refractivity contribution in [2.45, 2.75) is 25.8 Å². The van der Waals surface area contributed by atoms with Crippen LogP contribution in [0.4, 0.5) is 0 Å². The molecule has 0 radical (unpaired) electrons. The standard InChI is InChI=1S/C17H20N2O3/c1-12(20)19-8-6-15(7-9-19)18-17(21)14-10-13-4-2-3-5-16(13)22-11-14/h2-5,10,15H,6-9,11H2,1H3,(H,18,21). The quantitative estimate of drug-likeness (QED) is 0.902. The van der Waals surface area contributed by atoms with E-state index in [-0.39, 0.29) is 17.9 Å². The molecule has 116 valence electrons. The summed E-state index contributed by atoms with van der Waals surface area (Å²) < 4.78 is 5.61. The topological polar surface area (TPSA) is 58.6 Å². The average molecular weight is 300 g/mol. The van der Waals surface area contributed by atoms with Gasteiger partial charge in [-0.15, -0.1) is 0 Å². The van der Waals surface area contributed by atoms with Crippen molar-refractivity contribution >= 4 is 17.9 Å². The second-order valence-electron chi connectivity index (χ2n) is 5.75. The lowest BCUT2D eigenvalue weighted by Crippen LogP contribution is -2.46. The average Bonchev–Trinajstić information content (AvgIpc) is 2.55. The highest BCUT2D eigenvalue weighted by Gasteiger charge is 2.24. The Hall–Kier alpha value is -2.30. The maximum absolute atomic E-state index is 12.4. The monoisotopic (exact) mass is 300 g/mol. The number of nitrogens with one attached hydrogen (secondary N) is 1. The first kappa shape index (κ1) is 14.6. The minimum Gasteiger partial charge on any atom is -0.488 e. The molecule has 0 saturated carbocycles. The lowest BCUT2D eigenvalue weighted by atomic mass is 10.0. The number of rotatable bonds is 2. The van der Waals surface area contributed by atoms with Crippen LogP contribution in [-0.2, 0) is 9.59 Å². The van der Waals surface area contributed by atoms with Gasteiger partial charge in [0.15, 0.2) is 0 Å². The summed E-state index contributed by atoms with van der Waals surface area (Å²) in [6, 6.07) is 7.81. The third-order valence-corrected chi connectivity index (χ3v) is 4.20. The third kappa shape index (κ3) is 3.13. The molecule has 2 aliphatic heterocycles. The number of ether oxygens (including phenoxy) is 1. The molecule has 5 nitrogen and oxygen atoms in total. The van der Waals surface area contributed by atoms with Crippen LogP contribution in [0.1, 0.15) is 25.3 Å². The lowest BCUT2D eigenvalue weighted by molar-refractivity contribution is -0.130. The van der Waals surface area contributed by atoms with Crippen molar-refractivity contribution in [3.8, 4) is 5.75 Å². The number of nitrogens with zero attached hydrogens (tertiary/aromatic N) is 1. The van der Waals surface area contributed by atoms with E-state index in [2.05, 4.69) is 5.32 Å². The first-order valence-corrected chi connectivity index (χ1v) is 7.62. The van der Waals surface area contributed by atoms with E-state index < -0.39 is 0 Å². The Labute approximate surface area is 129 Å². The van der Waals surface area contributed by atoms with Crippen LogP contribution in [0.2, 0.25) is 0 Å². The Bertz CT molecular complexity index is 616. The highest BCUT2D eigenvalue weighted by atomic mass is 16.5. The minimum atomic E-state index is -0.0734. The Kier molecular flexibility index (Phi) is 4.13. The third-order valence-electron chi connectivity index (χ3n) is 4.20. The SMILES string of the molecule is CC(=O)N1CCC(NC(=O)C2=Cc3ccccc3OC2)CC1. The largest absolute Gasteiger partial charge is 0.488 e. The van der Waals surface area contributed by atoms with Gasteiger partial charge in [-0.3, -0.25) is 9.59 Å². The summed E-state index contributed by atoms with van der Waals surface area (Å²) in [7, 11) is 0. The Morgan fingerprint density at radius 3 is 2.68 bits per heavy atom. The first-order valence-electron chi connectivity index (χ1n) is 7.62. The van der Waals surface area contributed by atoms with Gasteiger partial charge in [0.25, 0.3) is 5.91 Å². The zero-order valence-electron chi connectivity index (χ0n) is 12.7. The molecule has 0 bridgehead atoms. The predicted octanol–water partition coefficient (Wildman–Crippen LogP) is 1.59. The van der Waals surface area contributed by atoms with Crippen LogP contribution in [0.5, 0.6) is 5.75 Å². The van der Waals surface area contributed by atoms with Crippen LogP contribution in [-0.4, -0.2) is 42.5 Å². The van der Waals surface area contributed by atoms with E-state index in [9.17, 15) is 9.59 Å². The normalized spacial score (nSPS) is 18.0. The van der Waals surface area contributed by atoms with Crippen molar-refractivity contribution in [2.24, 2.45) is 0 Å². The number of carbonyl (C=O) groups excluding carboxylic acids is 2. The smallest absolute Gasteiger partial charge is 0.250 e. The summed E-state index contributed by atoms with van der Waals surface area (Å²) >= 11 is 0. The fourth-order valence-corrected chi connectivity index (χ4v) is 2.86. The molecule has 3 rings (SSSR count). The van der Waals surface area contributed by atoms with Crippen molar-refractivity contribution in [3.05, 3.63) is 35.4 Å². The van der Waals surface area contributed by atoms with Crippen molar-refractivity contribution in [1.82, 2.24) is 10.2 Å². The van der Waals surface area contributed by atoms with E-state index in [1.54, 1.807) is 6.92 Å². The van der Waals surface area contributed by atoms with Crippen LogP contribution < -0.4 is 10.1 Å². The van der Waals surface area contributed by atoms with Gasteiger partial charge in [0, 0.05) is 31.6 Å². The second kappa shape index (κ2) is 6.22. The van der Waals surface area contributed by atoms with Crippen molar-refractivity contribution < 1.29 is 14.3 Å². The van der Waals surface area contributed by atoms with Gasteiger partial charge in [-0.25, -0.2) is 0 Å². The number of hydrogen-bond donors (Lipinski definition) is 1. The van der Waals surface area contributed by atoms with Gasteiger partial charge in [0.2, 0.25) is 5.91 Å². The Morgan fingerprint density at radius 1 is 1.23 bits per heavy atom. The van der Waals surface area contributed by atoms with Crippen LogP contribution >= 0.6 is 0 Å². The fourth-order valence-electron chi connectivity index (χ4n) is 2.86. The zero-order chi connectivity index (χ0) is 15.5. The van der Waals surface area contributed by atoms with Gasteiger partial charge >= 0.3 is 0 Å². The Balaban J connectivity index is 1.60. The minimum absolute atomic E-state index is 0.0734. The van der Waals surface area contributed by atoms with Crippen LogP contribution in [0.25, 0.3) is 6.08 Å². The highest BCUT2D eigenvalue weighted by molar-refractivity contribution is 5.99. The summed E-state index contributed by atoms with van der Waals surface area (Å²) in [6.07, 6.45) is 3.49. The van der Waals surface area contributed by atoms with E-state index >= 15 is 0 Å². The van der Waals surface area contributed by atoms with Gasteiger partial charge in [-0.1, -0.05) is 18.2 Å². The van der Waals surface area contributed by atoms with Crippen molar-refractivity contribution in [3.63, 3.8) is 0 Å². The molecule has 1 aromatic carbocycles. The molecule has 0 atom stereocenters. The molecule has 1 saturated heterocycles. The van der Waals surface area contributed by atoms with E-state index in [0.717, 1.165) is 24.2 Å². The molecule has 1 fully saturated rings. The summed E-state index contributed by atoms with van der Waals surface area (Å²) in [5, 5.41) is 3.05. The maximum Gasteiger partial charge on any atom is 0.250 e. The molecule has 0 spiro atoms. The summed E-state index contributed by atoms with van der Waals surface area (Å²) in [5.74, 6) is 0.842. The number of amides is 2. The first-order chi connectivity index (χ1) is 10.6. The molecule has 0 aliphatic carbocycles. The summed E-state index contributed by atoms with van der Waals surface area (Å²) in [5.41, 5.74) is 1.58. The molecule has 1 N–H and O–H groups in total. The molecule has 2 heterocycles. The zero-order valence-corrected chi connectivity index (χ0v) is 12.7. The van der Waals surface area contributed by atoms with E-state index in [1.807, 2.05) is 35.2 Å². The molecule has 1 aromatic rings.